The van der Waals surface area contributed by atoms with Crippen LogP contribution in [0.4, 0.5) is 5.69 Å². The predicted octanol–water partition coefficient (Wildman–Crippen LogP) is 3.16. The third kappa shape index (κ3) is 4.88. The Balaban J connectivity index is 2.54. The monoisotopic (exact) mass is 332 g/mol. The lowest BCUT2D eigenvalue weighted by Gasteiger charge is -2.24. The smallest absolute Gasteiger partial charge is 0.323 e. The van der Waals surface area contributed by atoms with Crippen molar-refractivity contribution in [3.05, 3.63) is 28.2 Å². The third-order valence-electron chi connectivity index (χ3n) is 3.27. The van der Waals surface area contributed by atoms with E-state index in [4.69, 9.17) is 28.3 Å². The molecule has 0 aromatic heterocycles. The van der Waals surface area contributed by atoms with Crippen LogP contribution in [-0.2, 0) is 9.59 Å². The van der Waals surface area contributed by atoms with Crippen molar-refractivity contribution in [1.29, 1.82) is 0 Å². The molecule has 0 saturated carbocycles. The summed E-state index contributed by atoms with van der Waals surface area (Å²) < 4.78 is 0. The van der Waals surface area contributed by atoms with E-state index < -0.39 is 11.5 Å². The number of carboxylic acids is 1. The lowest BCUT2D eigenvalue weighted by Crippen LogP contribution is -2.49. The lowest BCUT2D eigenvalue weighted by molar-refractivity contribution is -0.144. The van der Waals surface area contributed by atoms with Gasteiger partial charge in [0, 0.05) is 13.0 Å². The van der Waals surface area contributed by atoms with Crippen molar-refractivity contribution in [2.45, 2.75) is 32.2 Å². The highest BCUT2D eigenvalue weighted by atomic mass is 35.5. The fraction of sp³-hybridized carbons (Fsp3) is 0.429. The molecule has 3 N–H and O–H groups in total. The molecule has 0 aliphatic carbocycles. The van der Waals surface area contributed by atoms with E-state index in [-0.39, 0.29) is 18.9 Å². The number of halogens is 2. The zero-order valence-corrected chi connectivity index (χ0v) is 13.4. The molecule has 1 aromatic carbocycles. The summed E-state index contributed by atoms with van der Waals surface area (Å²) in [5.41, 5.74) is -0.676. The van der Waals surface area contributed by atoms with Crippen LogP contribution in [0.25, 0.3) is 0 Å². The number of hydrogen-bond donors (Lipinski definition) is 3. The predicted molar refractivity (Wildman–Crippen MR) is 84.0 cm³/mol. The van der Waals surface area contributed by atoms with Gasteiger partial charge in [-0.3, -0.25) is 9.59 Å². The van der Waals surface area contributed by atoms with Gasteiger partial charge < -0.3 is 15.7 Å². The van der Waals surface area contributed by atoms with Gasteiger partial charge in [0.1, 0.15) is 5.54 Å². The van der Waals surface area contributed by atoms with E-state index >= 15 is 0 Å². The average Bonchev–Trinajstić information content (AvgIpc) is 2.42. The normalized spacial score (nSPS) is 13.5. The Hall–Kier alpha value is -1.30. The number of carbonyl (C=O) groups is 2. The van der Waals surface area contributed by atoms with Crippen LogP contribution < -0.4 is 10.6 Å². The highest BCUT2D eigenvalue weighted by molar-refractivity contribution is 6.39. The molecule has 116 valence electrons. The minimum atomic E-state index is -1.04. The Kier molecular flexibility index (Phi) is 6.45. The largest absolute Gasteiger partial charge is 0.480 e. The van der Waals surface area contributed by atoms with Gasteiger partial charge in [0.2, 0.25) is 5.91 Å². The maximum atomic E-state index is 11.8. The molecule has 7 heteroatoms. The summed E-state index contributed by atoms with van der Waals surface area (Å²) in [6.07, 6.45) is 0.532. The van der Waals surface area contributed by atoms with E-state index in [0.29, 0.717) is 22.2 Å². The molecule has 0 bridgehead atoms. The molecule has 0 aliphatic rings. The van der Waals surface area contributed by atoms with Gasteiger partial charge in [0.25, 0.3) is 0 Å². The summed E-state index contributed by atoms with van der Waals surface area (Å²) in [5.74, 6) is -1.24. The van der Waals surface area contributed by atoms with E-state index in [1.54, 1.807) is 32.0 Å². The number of carboxylic acid groups (broad SMARTS) is 1. The molecule has 0 fully saturated rings. The van der Waals surface area contributed by atoms with Crippen LogP contribution in [0.15, 0.2) is 18.2 Å². The van der Waals surface area contributed by atoms with Gasteiger partial charge in [-0.2, -0.15) is 0 Å². The Morgan fingerprint density at radius 3 is 2.33 bits per heavy atom. The lowest BCUT2D eigenvalue weighted by atomic mass is 9.99. The summed E-state index contributed by atoms with van der Waals surface area (Å²) >= 11 is 11.9. The summed E-state index contributed by atoms with van der Waals surface area (Å²) in [7, 11) is 0. The highest BCUT2D eigenvalue weighted by Gasteiger charge is 2.30. The van der Waals surface area contributed by atoms with E-state index in [1.807, 2.05) is 0 Å². The van der Waals surface area contributed by atoms with Crippen LogP contribution in [0.3, 0.4) is 0 Å². The fourth-order valence-corrected chi connectivity index (χ4v) is 2.11. The van der Waals surface area contributed by atoms with Crippen molar-refractivity contribution in [2.75, 3.05) is 11.9 Å². The van der Waals surface area contributed by atoms with Crippen LogP contribution in [0.5, 0.6) is 0 Å². The number of carbonyl (C=O) groups excluding carboxylic acids is 1. The van der Waals surface area contributed by atoms with E-state index in [1.165, 1.54) is 0 Å². The second kappa shape index (κ2) is 7.64. The number of hydrogen-bond acceptors (Lipinski definition) is 3. The van der Waals surface area contributed by atoms with Crippen molar-refractivity contribution in [1.82, 2.24) is 5.32 Å². The molecule has 0 spiro atoms. The topological polar surface area (TPSA) is 78.4 Å². The first-order valence-corrected chi connectivity index (χ1v) is 7.28. The second-order valence-corrected chi connectivity index (χ2v) is 5.63. The zero-order chi connectivity index (χ0) is 16.0. The van der Waals surface area contributed by atoms with Crippen LogP contribution in [0.1, 0.15) is 26.7 Å². The van der Waals surface area contributed by atoms with Crippen molar-refractivity contribution in [3.8, 4) is 0 Å². The molecule has 21 heavy (non-hydrogen) atoms. The average molecular weight is 333 g/mol. The molecule has 0 saturated heterocycles. The molecular formula is C14H18Cl2N2O3. The quantitative estimate of drug-likeness (QED) is 0.716. The Labute approximate surface area is 133 Å². The molecule has 0 heterocycles. The number of amides is 1. The number of rotatable bonds is 7. The molecule has 0 aliphatic heterocycles. The molecule has 1 unspecified atom stereocenters. The third-order valence-corrected chi connectivity index (χ3v) is 3.90. The minimum absolute atomic E-state index is 0.115. The zero-order valence-electron chi connectivity index (χ0n) is 11.9. The minimum Gasteiger partial charge on any atom is -0.480 e. The van der Waals surface area contributed by atoms with Crippen LogP contribution in [-0.4, -0.2) is 29.1 Å². The van der Waals surface area contributed by atoms with Crippen LogP contribution in [0, 0.1) is 0 Å². The van der Waals surface area contributed by atoms with E-state index in [2.05, 4.69) is 10.6 Å². The van der Waals surface area contributed by atoms with Gasteiger partial charge in [-0.25, -0.2) is 0 Å². The fourth-order valence-electron chi connectivity index (χ4n) is 1.62. The standard InChI is InChI=1S/C14H18Cl2N2O3/c1-3-14(2,13(20)21)17-8-7-11(19)18-12-9(15)5-4-6-10(12)16/h4-6,17H,3,7-8H2,1-2H3,(H,18,19)(H,20,21). The molecule has 5 nitrogen and oxygen atoms in total. The van der Waals surface area contributed by atoms with Crippen molar-refractivity contribution in [2.24, 2.45) is 0 Å². The molecule has 1 aromatic rings. The van der Waals surface area contributed by atoms with Gasteiger partial charge in [0.15, 0.2) is 0 Å². The van der Waals surface area contributed by atoms with Gasteiger partial charge in [-0.05, 0) is 25.5 Å². The number of para-hydroxylation sites is 1. The number of nitrogens with one attached hydrogen (secondary N) is 2. The van der Waals surface area contributed by atoms with Crippen LogP contribution >= 0.6 is 23.2 Å². The summed E-state index contributed by atoms with van der Waals surface area (Å²) in [5, 5.41) is 15.3. The summed E-state index contributed by atoms with van der Waals surface area (Å²) in [6.45, 7) is 3.59. The Bertz CT molecular complexity index is 517. The number of benzene rings is 1. The second-order valence-electron chi connectivity index (χ2n) is 4.81. The van der Waals surface area contributed by atoms with Crippen LogP contribution in [0.2, 0.25) is 10.0 Å². The summed E-state index contributed by atoms with van der Waals surface area (Å²) in [4.78, 5) is 23.0. The first kappa shape index (κ1) is 17.8. The highest BCUT2D eigenvalue weighted by Crippen LogP contribution is 2.29. The Morgan fingerprint density at radius 1 is 1.29 bits per heavy atom. The van der Waals surface area contributed by atoms with Gasteiger partial charge in [-0.15, -0.1) is 0 Å². The van der Waals surface area contributed by atoms with E-state index in [0.717, 1.165) is 0 Å². The molecule has 0 radical (unpaired) electrons. The molecule has 1 atom stereocenters. The maximum absolute atomic E-state index is 11.8. The van der Waals surface area contributed by atoms with E-state index in [9.17, 15) is 9.59 Å². The molecule has 1 amide bonds. The van der Waals surface area contributed by atoms with Gasteiger partial charge >= 0.3 is 5.97 Å². The number of anilines is 1. The van der Waals surface area contributed by atoms with Gasteiger partial charge in [-0.1, -0.05) is 36.2 Å². The number of aliphatic carboxylic acids is 1. The van der Waals surface area contributed by atoms with Gasteiger partial charge in [0.05, 0.1) is 15.7 Å². The first-order valence-electron chi connectivity index (χ1n) is 6.52. The SMILES string of the molecule is CCC(C)(NCCC(=O)Nc1c(Cl)cccc1Cl)C(=O)O. The van der Waals surface area contributed by atoms with Crippen molar-refractivity contribution in [3.63, 3.8) is 0 Å². The van der Waals surface area contributed by atoms with Crippen molar-refractivity contribution < 1.29 is 14.7 Å². The first-order chi connectivity index (χ1) is 9.80. The molecule has 1 rings (SSSR count). The maximum Gasteiger partial charge on any atom is 0.323 e. The molecular weight excluding hydrogens is 315 g/mol. The summed E-state index contributed by atoms with van der Waals surface area (Å²) in [6, 6.07) is 4.93. The van der Waals surface area contributed by atoms with Crippen molar-refractivity contribution >= 4 is 40.8 Å². The Morgan fingerprint density at radius 2 is 1.86 bits per heavy atom.